The molecule has 1 aliphatic carbocycles. The van der Waals surface area contributed by atoms with Crippen LogP contribution >= 0.6 is 0 Å². The third kappa shape index (κ3) is 4.96. The molecule has 0 saturated heterocycles. The SMILES string of the molecule is COCCOCCC1CC(C)CCC1N. The van der Waals surface area contributed by atoms with Gasteiger partial charge in [0.1, 0.15) is 0 Å². The minimum absolute atomic E-state index is 0.396. The lowest BCUT2D eigenvalue weighted by atomic mass is 9.78. The molecule has 1 fully saturated rings. The molecule has 3 heteroatoms. The molecule has 0 aromatic carbocycles. The maximum atomic E-state index is 6.10. The summed E-state index contributed by atoms with van der Waals surface area (Å²) in [5, 5.41) is 0. The molecular formula is C12H25NO2. The lowest BCUT2D eigenvalue weighted by Gasteiger charge is -2.32. The van der Waals surface area contributed by atoms with Crippen molar-refractivity contribution in [2.24, 2.45) is 17.6 Å². The molecular weight excluding hydrogens is 190 g/mol. The smallest absolute Gasteiger partial charge is 0.0700 e. The van der Waals surface area contributed by atoms with Crippen molar-refractivity contribution in [3.63, 3.8) is 0 Å². The molecule has 3 nitrogen and oxygen atoms in total. The van der Waals surface area contributed by atoms with Crippen molar-refractivity contribution in [3.8, 4) is 0 Å². The van der Waals surface area contributed by atoms with E-state index in [-0.39, 0.29) is 0 Å². The van der Waals surface area contributed by atoms with Gasteiger partial charge in [0, 0.05) is 19.8 Å². The van der Waals surface area contributed by atoms with Gasteiger partial charge in [-0.3, -0.25) is 0 Å². The summed E-state index contributed by atoms with van der Waals surface area (Å²) in [7, 11) is 1.70. The zero-order valence-electron chi connectivity index (χ0n) is 10.1. The summed E-state index contributed by atoms with van der Waals surface area (Å²) < 4.78 is 10.4. The first-order valence-electron chi connectivity index (χ1n) is 6.06. The van der Waals surface area contributed by atoms with Crippen molar-refractivity contribution < 1.29 is 9.47 Å². The number of ether oxygens (including phenoxy) is 2. The van der Waals surface area contributed by atoms with Gasteiger partial charge in [0.25, 0.3) is 0 Å². The summed E-state index contributed by atoms with van der Waals surface area (Å²) in [5.41, 5.74) is 6.10. The Kier molecular flexibility index (Phi) is 6.22. The van der Waals surface area contributed by atoms with E-state index >= 15 is 0 Å². The standard InChI is InChI=1S/C12H25NO2/c1-10-3-4-12(13)11(9-10)5-6-15-8-7-14-2/h10-12H,3-9,13H2,1-2H3. The molecule has 0 spiro atoms. The molecule has 0 aliphatic heterocycles. The van der Waals surface area contributed by atoms with Gasteiger partial charge in [-0.05, 0) is 37.5 Å². The first-order chi connectivity index (χ1) is 7.24. The van der Waals surface area contributed by atoms with Crippen LogP contribution in [0.5, 0.6) is 0 Å². The van der Waals surface area contributed by atoms with Crippen LogP contribution < -0.4 is 5.73 Å². The Hall–Kier alpha value is -0.120. The fourth-order valence-corrected chi connectivity index (χ4v) is 2.33. The second-order valence-corrected chi connectivity index (χ2v) is 4.74. The monoisotopic (exact) mass is 215 g/mol. The Morgan fingerprint density at radius 3 is 2.73 bits per heavy atom. The first kappa shape index (κ1) is 12.9. The topological polar surface area (TPSA) is 44.5 Å². The minimum atomic E-state index is 0.396. The summed E-state index contributed by atoms with van der Waals surface area (Å²) in [4.78, 5) is 0. The van der Waals surface area contributed by atoms with E-state index in [1.807, 2.05) is 0 Å². The lowest BCUT2D eigenvalue weighted by molar-refractivity contribution is 0.0573. The predicted octanol–water partition coefficient (Wildman–Crippen LogP) is 1.80. The van der Waals surface area contributed by atoms with E-state index in [9.17, 15) is 0 Å². The quantitative estimate of drug-likeness (QED) is 0.687. The predicted molar refractivity (Wildman–Crippen MR) is 61.8 cm³/mol. The maximum absolute atomic E-state index is 6.10. The Balaban J connectivity index is 2.08. The average molecular weight is 215 g/mol. The Morgan fingerprint density at radius 1 is 1.20 bits per heavy atom. The normalized spacial score (nSPS) is 31.8. The lowest BCUT2D eigenvalue weighted by Crippen LogP contribution is -2.36. The summed E-state index contributed by atoms with van der Waals surface area (Å²) in [6.07, 6.45) is 4.86. The van der Waals surface area contributed by atoms with E-state index in [4.69, 9.17) is 15.2 Å². The molecule has 2 N–H and O–H groups in total. The second kappa shape index (κ2) is 7.20. The van der Waals surface area contributed by atoms with Gasteiger partial charge in [0.2, 0.25) is 0 Å². The fraction of sp³-hybridized carbons (Fsp3) is 1.00. The summed E-state index contributed by atoms with van der Waals surface area (Å²) in [6.45, 7) is 4.54. The van der Waals surface area contributed by atoms with Crippen LogP contribution in [0.15, 0.2) is 0 Å². The van der Waals surface area contributed by atoms with Crippen LogP contribution in [0, 0.1) is 11.8 Å². The molecule has 15 heavy (non-hydrogen) atoms. The van der Waals surface area contributed by atoms with Gasteiger partial charge >= 0.3 is 0 Å². The molecule has 90 valence electrons. The highest BCUT2D eigenvalue weighted by Crippen LogP contribution is 2.29. The minimum Gasteiger partial charge on any atom is -0.382 e. The molecule has 1 rings (SSSR count). The van der Waals surface area contributed by atoms with Gasteiger partial charge in [0.15, 0.2) is 0 Å². The van der Waals surface area contributed by atoms with Gasteiger partial charge in [0.05, 0.1) is 13.2 Å². The van der Waals surface area contributed by atoms with Crippen LogP contribution in [0.25, 0.3) is 0 Å². The van der Waals surface area contributed by atoms with Crippen LogP contribution in [0.4, 0.5) is 0 Å². The van der Waals surface area contributed by atoms with Crippen molar-refractivity contribution in [3.05, 3.63) is 0 Å². The number of methoxy groups -OCH3 is 1. The zero-order chi connectivity index (χ0) is 11.1. The fourth-order valence-electron chi connectivity index (χ4n) is 2.33. The molecule has 1 saturated carbocycles. The van der Waals surface area contributed by atoms with Crippen LogP contribution in [-0.4, -0.2) is 33.0 Å². The number of rotatable bonds is 6. The van der Waals surface area contributed by atoms with E-state index in [2.05, 4.69) is 6.92 Å². The van der Waals surface area contributed by atoms with Crippen LogP contribution in [0.2, 0.25) is 0 Å². The number of hydrogen-bond donors (Lipinski definition) is 1. The molecule has 1 aliphatic rings. The second-order valence-electron chi connectivity index (χ2n) is 4.74. The highest BCUT2D eigenvalue weighted by atomic mass is 16.5. The van der Waals surface area contributed by atoms with Crippen LogP contribution in [0.1, 0.15) is 32.6 Å². The van der Waals surface area contributed by atoms with Crippen molar-refractivity contribution in [2.75, 3.05) is 26.9 Å². The average Bonchev–Trinajstić information content (AvgIpc) is 2.23. The van der Waals surface area contributed by atoms with Crippen LogP contribution in [0.3, 0.4) is 0 Å². The van der Waals surface area contributed by atoms with Gasteiger partial charge in [-0.2, -0.15) is 0 Å². The molecule has 0 heterocycles. The Bertz CT molecular complexity index is 164. The van der Waals surface area contributed by atoms with Gasteiger partial charge < -0.3 is 15.2 Å². The van der Waals surface area contributed by atoms with Gasteiger partial charge in [-0.25, -0.2) is 0 Å². The third-order valence-corrected chi connectivity index (χ3v) is 3.37. The van der Waals surface area contributed by atoms with Crippen molar-refractivity contribution in [2.45, 2.75) is 38.6 Å². The maximum Gasteiger partial charge on any atom is 0.0700 e. The van der Waals surface area contributed by atoms with Crippen LogP contribution in [-0.2, 0) is 9.47 Å². The van der Waals surface area contributed by atoms with E-state index in [0.29, 0.717) is 25.2 Å². The van der Waals surface area contributed by atoms with E-state index in [1.54, 1.807) is 7.11 Å². The summed E-state index contributed by atoms with van der Waals surface area (Å²) in [6, 6.07) is 0.396. The molecule has 0 radical (unpaired) electrons. The van der Waals surface area contributed by atoms with Crippen molar-refractivity contribution in [1.29, 1.82) is 0 Å². The number of nitrogens with two attached hydrogens (primary N) is 1. The highest BCUT2D eigenvalue weighted by Gasteiger charge is 2.25. The zero-order valence-corrected chi connectivity index (χ0v) is 10.1. The molecule has 0 aromatic rings. The number of hydrogen-bond acceptors (Lipinski definition) is 3. The molecule has 3 unspecified atom stereocenters. The van der Waals surface area contributed by atoms with E-state index in [1.165, 1.54) is 19.3 Å². The van der Waals surface area contributed by atoms with Crippen molar-refractivity contribution >= 4 is 0 Å². The van der Waals surface area contributed by atoms with E-state index < -0.39 is 0 Å². The molecule has 3 atom stereocenters. The summed E-state index contributed by atoms with van der Waals surface area (Å²) >= 11 is 0. The highest BCUT2D eigenvalue weighted by molar-refractivity contribution is 4.80. The third-order valence-electron chi connectivity index (χ3n) is 3.37. The van der Waals surface area contributed by atoms with E-state index in [0.717, 1.165) is 18.9 Å². The largest absolute Gasteiger partial charge is 0.382 e. The molecule has 0 aromatic heterocycles. The molecule has 0 bridgehead atoms. The molecule has 0 amide bonds. The summed E-state index contributed by atoms with van der Waals surface area (Å²) in [5.74, 6) is 1.50. The van der Waals surface area contributed by atoms with Crippen molar-refractivity contribution in [1.82, 2.24) is 0 Å². The first-order valence-corrected chi connectivity index (χ1v) is 6.06. The Morgan fingerprint density at radius 2 is 2.00 bits per heavy atom. The van der Waals surface area contributed by atoms with Gasteiger partial charge in [-0.1, -0.05) is 6.92 Å². The van der Waals surface area contributed by atoms with Gasteiger partial charge in [-0.15, -0.1) is 0 Å². The Labute approximate surface area is 93.3 Å².